The number of nitrogens with two attached hydrogens (primary N) is 2. The SMILES string of the molecule is CC.CC(=O)OCc1ccc(NC(=O)CNC=O)cc1C=O.CC(C)NC(CCC(=O)O)C(=O)NC(C)C(C)C.CCCNC(N)=O.CNCCN. The Bertz CT molecular complexity index is 1150. The summed E-state index contributed by atoms with van der Waals surface area (Å²) in [5, 5.41) is 24.8. The molecule has 0 aliphatic rings. The summed E-state index contributed by atoms with van der Waals surface area (Å²) in [6.45, 7) is 19.3. The smallest absolute Gasteiger partial charge is 0.312 e. The third kappa shape index (κ3) is 35.2. The highest BCUT2D eigenvalue weighted by atomic mass is 16.5. The molecule has 5 amide bonds. The van der Waals surface area contributed by atoms with Gasteiger partial charge in [0.2, 0.25) is 18.2 Å². The van der Waals surface area contributed by atoms with Crippen LogP contribution in [-0.4, -0.2) is 98.9 Å². The van der Waals surface area contributed by atoms with E-state index in [1.54, 1.807) is 12.1 Å². The molecule has 0 aromatic heterocycles. The molecule has 0 saturated heterocycles. The molecular formula is C35H66N8O9. The van der Waals surface area contributed by atoms with Crippen LogP contribution in [0.3, 0.4) is 0 Å². The number of anilines is 1. The van der Waals surface area contributed by atoms with Crippen molar-refractivity contribution < 1.29 is 43.4 Å². The molecule has 17 heteroatoms. The minimum Gasteiger partial charge on any atom is -0.481 e. The number of likely N-dealkylation sites (N-methyl/N-ethyl adjacent to an activating group) is 1. The first-order chi connectivity index (χ1) is 24.5. The van der Waals surface area contributed by atoms with Gasteiger partial charge in [0.25, 0.3) is 0 Å². The van der Waals surface area contributed by atoms with Gasteiger partial charge in [-0.1, -0.05) is 54.5 Å². The number of carboxylic acid groups (broad SMARTS) is 1. The second kappa shape index (κ2) is 36.2. The maximum Gasteiger partial charge on any atom is 0.312 e. The molecule has 0 heterocycles. The van der Waals surface area contributed by atoms with E-state index in [9.17, 15) is 33.6 Å². The van der Waals surface area contributed by atoms with Gasteiger partial charge in [0.05, 0.1) is 12.6 Å². The molecule has 0 radical (unpaired) electrons. The number of benzene rings is 1. The Morgan fingerprint density at radius 1 is 1.00 bits per heavy atom. The van der Waals surface area contributed by atoms with Crippen LogP contribution in [0.5, 0.6) is 0 Å². The predicted molar refractivity (Wildman–Crippen MR) is 204 cm³/mol. The number of nitrogens with one attached hydrogen (secondary N) is 6. The lowest BCUT2D eigenvalue weighted by Crippen LogP contribution is -2.50. The average Bonchev–Trinajstić information content (AvgIpc) is 3.09. The first-order valence-corrected chi connectivity index (χ1v) is 17.3. The second-order valence-corrected chi connectivity index (χ2v) is 11.4. The Balaban J connectivity index is -0.000000327. The number of carbonyl (C=O) groups is 7. The fraction of sp³-hybridized carbons (Fsp3) is 0.629. The third-order valence-electron chi connectivity index (χ3n) is 6.14. The van der Waals surface area contributed by atoms with Crippen molar-refractivity contribution in [3.05, 3.63) is 29.3 Å². The van der Waals surface area contributed by atoms with Crippen molar-refractivity contribution in [1.29, 1.82) is 0 Å². The Labute approximate surface area is 309 Å². The quantitative estimate of drug-likeness (QED) is 0.0726. The van der Waals surface area contributed by atoms with Gasteiger partial charge < -0.3 is 53.2 Å². The largest absolute Gasteiger partial charge is 0.481 e. The standard InChI is InChI=1S/C13H14N2O5.C13H26N2O3.C4H10N2O.C3H10N2.C2H6/c1-9(18)20-7-10-2-3-12(4-11(10)6-16)15-13(19)5-14-8-17;1-8(2)10(5)15-13(18)11(14-9(3)4)6-7-12(16)17;1-2-3-6-4(5)7;1-5-3-2-4;1-2/h2-4,6,8H,5,7H2,1H3,(H,14,17)(H,15,19);8-11,14H,6-7H2,1-5H3,(H,15,18)(H,16,17);2-3H2,1H3,(H3,5,6,7);5H,2-4H2,1H3;1-2H3. The fourth-order valence-corrected chi connectivity index (χ4v) is 3.28. The number of hydrogen-bond donors (Lipinski definition) is 9. The molecule has 0 saturated carbocycles. The number of ether oxygens (including phenoxy) is 1. The molecule has 0 fully saturated rings. The third-order valence-corrected chi connectivity index (χ3v) is 6.14. The van der Waals surface area contributed by atoms with E-state index in [1.165, 1.54) is 13.0 Å². The van der Waals surface area contributed by atoms with Crippen molar-refractivity contribution in [1.82, 2.24) is 26.6 Å². The molecule has 300 valence electrons. The van der Waals surface area contributed by atoms with E-state index in [1.807, 2.05) is 62.4 Å². The van der Waals surface area contributed by atoms with Crippen molar-refractivity contribution in [2.45, 2.75) is 106 Å². The van der Waals surface area contributed by atoms with Crippen LogP contribution >= 0.6 is 0 Å². The first kappa shape index (κ1) is 54.2. The molecule has 1 rings (SSSR count). The van der Waals surface area contributed by atoms with Gasteiger partial charge in [-0.15, -0.1) is 0 Å². The zero-order valence-electron chi connectivity index (χ0n) is 32.7. The summed E-state index contributed by atoms with van der Waals surface area (Å²) in [6.07, 6.45) is 2.26. The van der Waals surface area contributed by atoms with Crippen molar-refractivity contribution in [2.24, 2.45) is 17.4 Å². The topological polar surface area (TPSA) is 273 Å². The minimum absolute atomic E-state index is 0.00609. The highest BCUT2D eigenvalue weighted by molar-refractivity contribution is 5.94. The number of carboxylic acids is 1. The summed E-state index contributed by atoms with van der Waals surface area (Å²) < 4.78 is 4.81. The molecule has 0 aliphatic carbocycles. The predicted octanol–water partition coefficient (Wildman–Crippen LogP) is 1.88. The van der Waals surface area contributed by atoms with Crippen LogP contribution < -0.4 is 43.4 Å². The van der Waals surface area contributed by atoms with Gasteiger partial charge in [0, 0.05) is 61.9 Å². The maximum absolute atomic E-state index is 12.0. The van der Waals surface area contributed by atoms with Crippen LogP contribution in [-0.2, 0) is 35.3 Å². The molecule has 11 N–H and O–H groups in total. The monoisotopic (exact) mass is 742 g/mol. The molecule has 17 nitrogen and oxygen atoms in total. The van der Waals surface area contributed by atoms with Crippen molar-refractivity contribution in [3.63, 3.8) is 0 Å². The number of hydrogen-bond acceptors (Lipinski definition) is 11. The van der Waals surface area contributed by atoms with Gasteiger partial charge in [0.15, 0.2) is 6.29 Å². The van der Waals surface area contributed by atoms with E-state index < -0.39 is 29.9 Å². The Kier molecular flexibility index (Phi) is 37.7. The molecule has 0 aliphatic heterocycles. The lowest BCUT2D eigenvalue weighted by atomic mass is 10.0. The Hall–Kier alpha value is -4.61. The summed E-state index contributed by atoms with van der Waals surface area (Å²) >= 11 is 0. The van der Waals surface area contributed by atoms with E-state index in [0.717, 1.165) is 19.5 Å². The van der Waals surface area contributed by atoms with Crippen LogP contribution in [0.15, 0.2) is 18.2 Å². The van der Waals surface area contributed by atoms with Crippen molar-refractivity contribution in [2.75, 3.05) is 38.5 Å². The highest BCUT2D eigenvalue weighted by Crippen LogP contribution is 2.15. The van der Waals surface area contributed by atoms with Crippen LogP contribution in [0.1, 0.15) is 97.5 Å². The van der Waals surface area contributed by atoms with Gasteiger partial charge in [-0.2, -0.15) is 0 Å². The van der Waals surface area contributed by atoms with Gasteiger partial charge in [-0.25, -0.2) is 4.79 Å². The summed E-state index contributed by atoms with van der Waals surface area (Å²) in [4.78, 5) is 75.6. The van der Waals surface area contributed by atoms with E-state index in [0.29, 0.717) is 48.4 Å². The van der Waals surface area contributed by atoms with Crippen molar-refractivity contribution >= 4 is 48.2 Å². The van der Waals surface area contributed by atoms with Crippen LogP contribution in [0.2, 0.25) is 0 Å². The van der Waals surface area contributed by atoms with E-state index in [-0.39, 0.29) is 37.6 Å². The molecule has 2 atom stereocenters. The number of urea groups is 1. The van der Waals surface area contributed by atoms with Gasteiger partial charge >= 0.3 is 18.0 Å². The van der Waals surface area contributed by atoms with Crippen LogP contribution in [0, 0.1) is 5.92 Å². The van der Waals surface area contributed by atoms with Gasteiger partial charge in [-0.3, -0.25) is 28.8 Å². The maximum atomic E-state index is 12.0. The van der Waals surface area contributed by atoms with Gasteiger partial charge in [0.1, 0.15) is 6.61 Å². The minimum atomic E-state index is -0.879. The first-order valence-electron chi connectivity index (χ1n) is 17.3. The number of esters is 1. The molecule has 52 heavy (non-hydrogen) atoms. The Morgan fingerprint density at radius 2 is 1.62 bits per heavy atom. The molecule has 2 unspecified atom stereocenters. The number of amides is 5. The molecule has 0 bridgehead atoms. The lowest BCUT2D eigenvalue weighted by Gasteiger charge is -2.24. The molecule has 1 aromatic rings. The molecular weight excluding hydrogens is 676 g/mol. The number of primary amides is 1. The summed E-state index contributed by atoms with van der Waals surface area (Å²) in [7, 11) is 1.88. The molecule has 0 spiro atoms. The number of carbonyl (C=O) groups excluding carboxylic acids is 6. The summed E-state index contributed by atoms with van der Waals surface area (Å²) in [6, 6.07) is 3.96. The number of rotatable bonds is 19. The van der Waals surface area contributed by atoms with Gasteiger partial charge in [-0.05, 0) is 44.9 Å². The molecule has 1 aromatic carbocycles. The summed E-state index contributed by atoms with van der Waals surface area (Å²) in [5.41, 5.74) is 11.1. The van der Waals surface area contributed by atoms with Crippen LogP contribution in [0.4, 0.5) is 10.5 Å². The Morgan fingerprint density at radius 3 is 2.00 bits per heavy atom. The number of aliphatic carboxylic acids is 1. The van der Waals surface area contributed by atoms with E-state index in [4.69, 9.17) is 21.3 Å². The highest BCUT2D eigenvalue weighted by Gasteiger charge is 2.22. The van der Waals surface area contributed by atoms with Crippen molar-refractivity contribution in [3.8, 4) is 0 Å². The number of aldehydes is 1. The zero-order valence-corrected chi connectivity index (χ0v) is 32.7. The normalized spacial score (nSPS) is 10.7. The zero-order chi connectivity index (χ0) is 41.1. The second-order valence-electron chi connectivity index (χ2n) is 11.4. The average molecular weight is 743 g/mol. The van der Waals surface area contributed by atoms with Crippen LogP contribution in [0.25, 0.3) is 0 Å². The summed E-state index contributed by atoms with van der Waals surface area (Å²) in [5.74, 6) is -1.50. The fourth-order valence-electron chi connectivity index (χ4n) is 3.28. The lowest BCUT2D eigenvalue weighted by molar-refractivity contribution is -0.142. The van der Waals surface area contributed by atoms with E-state index in [2.05, 4.69) is 31.9 Å². The van der Waals surface area contributed by atoms with E-state index >= 15 is 0 Å².